The quantitative estimate of drug-likeness (QED) is 0.525. The zero-order valence-electron chi connectivity index (χ0n) is 12.5. The summed E-state index contributed by atoms with van der Waals surface area (Å²) in [4.78, 5) is 22.7. The molecule has 0 saturated carbocycles. The largest absolute Gasteiger partial charge is 0.369 e. The van der Waals surface area contributed by atoms with E-state index >= 15 is 0 Å². The highest BCUT2D eigenvalue weighted by atomic mass is 127. The number of nitrogen functional groups attached to an aromatic ring is 1. The molecule has 10 heteroatoms. The van der Waals surface area contributed by atoms with E-state index in [0.717, 1.165) is 4.43 Å². The lowest BCUT2D eigenvalue weighted by atomic mass is 10.1. The van der Waals surface area contributed by atoms with Crippen molar-refractivity contribution >= 4 is 39.7 Å². The summed E-state index contributed by atoms with van der Waals surface area (Å²) in [5.74, 6) is -0.644. The predicted molar refractivity (Wildman–Crippen MR) is 89.2 cm³/mol. The fourth-order valence-corrected chi connectivity index (χ4v) is 3.85. The Hall–Kier alpha value is -1.24. The van der Waals surface area contributed by atoms with E-state index in [-0.39, 0.29) is 35.3 Å². The van der Waals surface area contributed by atoms with Crippen LogP contribution in [0.5, 0.6) is 0 Å². The number of aromatic nitrogens is 4. The summed E-state index contributed by atoms with van der Waals surface area (Å²) in [6, 6.07) is 0. The number of aromatic amines is 1. The number of ether oxygens (including phenoxy) is 3. The van der Waals surface area contributed by atoms with E-state index in [2.05, 4.69) is 37.5 Å². The van der Waals surface area contributed by atoms with Crippen molar-refractivity contribution in [2.75, 3.05) is 10.2 Å². The van der Waals surface area contributed by atoms with Gasteiger partial charge in [0.25, 0.3) is 5.56 Å². The molecule has 0 spiro atoms. The van der Waals surface area contributed by atoms with E-state index in [1.54, 1.807) is 4.57 Å². The van der Waals surface area contributed by atoms with Gasteiger partial charge in [-0.25, -0.2) is 4.98 Å². The molecule has 0 aromatic carbocycles. The minimum Gasteiger partial charge on any atom is -0.369 e. The van der Waals surface area contributed by atoms with E-state index in [1.165, 1.54) is 6.33 Å². The van der Waals surface area contributed by atoms with Crippen LogP contribution in [0.4, 0.5) is 5.95 Å². The van der Waals surface area contributed by atoms with Crippen LogP contribution in [0.2, 0.25) is 0 Å². The molecular formula is C13H16IN5O4. The first-order valence-corrected chi connectivity index (χ1v) is 8.71. The molecule has 124 valence electrons. The topological polar surface area (TPSA) is 117 Å². The van der Waals surface area contributed by atoms with E-state index in [0.29, 0.717) is 5.65 Å². The molecule has 23 heavy (non-hydrogen) atoms. The summed E-state index contributed by atoms with van der Waals surface area (Å²) in [7, 11) is 0. The molecule has 3 N–H and O–H groups in total. The van der Waals surface area contributed by atoms with E-state index in [4.69, 9.17) is 19.9 Å². The summed E-state index contributed by atoms with van der Waals surface area (Å²) < 4.78 is 20.5. The first kappa shape index (κ1) is 15.3. The van der Waals surface area contributed by atoms with Gasteiger partial charge in [0, 0.05) is 4.43 Å². The van der Waals surface area contributed by atoms with E-state index in [1.807, 2.05) is 13.8 Å². The van der Waals surface area contributed by atoms with Crippen molar-refractivity contribution in [2.45, 2.75) is 44.2 Å². The Morgan fingerprint density at radius 3 is 2.91 bits per heavy atom. The highest BCUT2D eigenvalue weighted by Crippen LogP contribution is 2.43. The second-order valence-electron chi connectivity index (χ2n) is 6.06. The van der Waals surface area contributed by atoms with Crippen molar-refractivity contribution in [1.29, 1.82) is 0 Å². The van der Waals surface area contributed by atoms with Crippen molar-refractivity contribution in [1.82, 2.24) is 19.5 Å². The average molecular weight is 433 g/mol. The molecule has 0 radical (unpaired) electrons. The molecule has 0 aliphatic carbocycles. The molecule has 4 rings (SSSR count). The Morgan fingerprint density at radius 1 is 1.43 bits per heavy atom. The lowest BCUT2D eigenvalue weighted by molar-refractivity contribution is -0.193. The van der Waals surface area contributed by atoms with Crippen molar-refractivity contribution in [3.05, 3.63) is 16.7 Å². The molecule has 2 fully saturated rings. The number of alkyl halides is 1. The minimum atomic E-state index is -0.679. The van der Waals surface area contributed by atoms with Crippen LogP contribution < -0.4 is 11.3 Å². The zero-order chi connectivity index (χ0) is 16.4. The Bertz CT molecular complexity index is 818. The maximum Gasteiger partial charge on any atom is 0.280 e. The fraction of sp³-hybridized carbons (Fsp3) is 0.615. The number of nitrogens with one attached hydrogen (secondary N) is 1. The second kappa shape index (κ2) is 5.13. The molecule has 4 atom stereocenters. The van der Waals surface area contributed by atoms with Gasteiger partial charge in [-0.3, -0.25) is 14.3 Å². The highest BCUT2D eigenvalue weighted by Gasteiger charge is 2.55. The summed E-state index contributed by atoms with van der Waals surface area (Å²) in [6.07, 6.45) is 0.468. The van der Waals surface area contributed by atoms with Gasteiger partial charge in [-0.05, 0) is 13.8 Å². The van der Waals surface area contributed by atoms with Gasteiger partial charge in [-0.15, -0.1) is 0 Å². The number of nitrogens with two attached hydrogens (primary N) is 1. The normalized spacial score (nSPS) is 32.5. The van der Waals surface area contributed by atoms with Gasteiger partial charge in [0.15, 0.2) is 23.2 Å². The number of halogens is 1. The Balaban J connectivity index is 1.80. The monoisotopic (exact) mass is 433 g/mol. The van der Waals surface area contributed by atoms with Crippen LogP contribution in [0.25, 0.3) is 11.2 Å². The average Bonchev–Trinajstić information content (AvgIpc) is 3.09. The molecule has 2 aliphatic rings. The summed E-state index contributed by atoms with van der Waals surface area (Å²) in [6.45, 7) is 3.75. The van der Waals surface area contributed by atoms with E-state index in [9.17, 15) is 4.79 Å². The predicted octanol–water partition coefficient (Wildman–Crippen LogP) is 0.554. The molecule has 2 aliphatic heterocycles. The molecule has 2 aromatic heterocycles. The van der Waals surface area contributed by atoms with Crippen molar-refractivity contribution in [3.63, 3.8) is 0 Å². The number of H-pyrrole nitrogens is 1. The third-order valence-corrected chi connectivity index (χ3v) is 4.87. The number of rotatable bonds is 2. The van der Waals surface area contributed by atoms with Gasteiger partial charge >= 0.3 is 0 Å². The van der Waals surface area contributed by atoms with Crippen LogP contribution in [-0.4, -0.2) is 48.0 Å². The minimum absolute atomic E-state index is 0.0353. The van der Waals surface area contributed by atoms with Crippen molar-refractivity contribution < 1.29 is 14.2 Å². The number of imidazole rings is 1. The fourth-order valence-electron chi connectivity index (χ4n) is 3.14. The van der Waals surface area contributed by atoms with Crippen LogP contribution in [0, 0.1) is 0 Å². The molecule has 2 saturated heterocycles. The van der Waals surface area contributed by atoms with Gasteiger partial charge in [-0.2, -0.15) is 4.98 Å². The standard InChI is InChI=1S/C13H16IN5O4/c1-13(2)22-7-5(3-14)21-11(8(7)23-13)19-4-16-6-9(19)17-12(15)18-10(6)20/h4-5,7-8,11H,3H2,1-2H3,(H3,15,17,18,20)/t5-,7?,8?,11-/m1/s1. The highest BCUT2D eigenvalue weighted by molar-refractivity contribution is 14.1. The van der Waals surface area contributed by atoms with Gasteiger partial charge < -0.3 is 19.9 Å². The Morgan fingerprint density at radius 2 is 2.17 bits per heavy atom. The molecule has 9 nitrogen and oxygen atoms in total. The van der Waals surface area contributed by atoms with Crippen LogP contribution in [0.15, 0.2) is 11.1 Å². The number of nitrogens with zero attached hydrogens (tertiary/aromatic N) is 3. The number of hydrogen-bond donors (Lipinski definition) is 2. The van der Waals surface area contributed by atoms with Gasteiger partial charge in [0.2, 0.25) is 5.95 Å². The number of fused-ring (bicyclic) bond motifs is 2. The lowest BCUT2D eigenvalue weighted by Crippen LogP contribution is -2.30. The number of anilines is 1. The maximum absolute atomic E-state index is 11.9. The van der Waals surface area contributed by atoms with Crippen molar-refractivity contribution in [3.8, 4) is 0 Å². The first-order chi connectivity index (χ1) is 10.9. The van der Waals surface area contributed by atoms with Gasteiger partial charge in [0.05, 0.1) is 12.4 Å². The molecule has 0 amide bonds. The SMILES string of the molecule is CC1(C)OC2C(O1)[C@@H](CI)O[C@H]2n1cnc2c(=O)[nH]c(N)nc21. The van der Waals surface area contributed by atoms with Gasteiger partial charge in [-0.1, -0.05) is 22.6 Å². The smallest absolute Gasteiger partial charge is 0.280 e. The lowest BCUT2D eigenvalue weighted by Gasteiger charge is -2.24. The summed E-state index contributed by atoms with van der Waals surface area (Å²) in [5.41, 5.74) is 5.86. The third kappa shape index (κ3) is 2.35. The molecule has 2 unspecified atom stereocenters. The molecule has 0 bridgehead atoms. The van der Waals surface area contributed by atoms with Gasteiger partial charge in [0.1, 0.15) is 12.2 Å². The van der Waals surface area contributed by atoms with Crippen LogP contribution in [0.3, 0.4) is 0 Å². The Kier molecular flexibility index (Phi) is 3.41. The zero-order valence-corrected chi connectivity index (χ0v) is 14.7. The van der Waals surface area contributed by atoms with Crippen LogP contribution in [0.1, 0.15) is 20.1 Å². The Labute approximate surface area is 144 Å². The molecule has 2 aromatic rings. The van der Waals surface area contributed by atoms with Crippen LogP contribution >= 0.6 is 22.6 Å². The first-order valence-electron chi connectivity index (χ1n) is 7.19. The number of hydrogen-bond acceptors (Lipinski definition) is 7. The maximum atomic E-state index is 11.9. The second-order valence-corrected chi connectivity index (χ2v) is 6.94. The summed E-state index contributed by atoms with van der Waals surface area (Å²) >= 11 is 2.26. The van der Waals surface area contributed by atoms with Crippen LogP contribution in [-0.2, 0) is 14.2 Å². The molecule has 4 heterocycles. The van der Waals surface area contributed by atoms with Crippen molar-refractivity contribution in [2.24, 2.45) is 0 Å². The summed E-state index contributed by atoms with van der Waals surface area (Å²) in [5, 5.41) is 0. The van der Waals surface area contributed by atoms with E-state index < -0.39 is 12.0 Å². The molecular weight excluding hydrogens is 417 g/mol. The third-order valence-electron chi connectivity index (χ3n) is 4.00.